The summed E-state index contributed by atoms with van der Waals surface area (Å²) in [5.41, 5.74) is 2.08. The predicted octanol–water partition coefficient (Wildman–Crippen LogP) is 6.49. The Morgan fingerprint density at radius 3 is 2.56 bits per heavy atom. The molecular formula is C22H15Cl2N3O3S2. The molecule has 0 fully saturated rings. The average molecular weight is 504 g/mol. The van der Waals surface area contributed by atoms with E-state index in [-0.39, 0.29) is 16.8 Å². The Morgan fingerprint density at radius 1 is 1.03 bits per heavy atom. The fourth-order valence-corrected chi connectivity index (χ4v) is 4.88. The number of benzene rings is 2. The predicted molar refractivity (Wildman–Crippen MR) is 133 cm³/mol. The van der Waals surface area contributed by atoms with E-state index < -0.39 is 5.91 Å². The van der Waals surface area contributed by atoms with E-state index in [2.05, 4.69) is 16.0 Å². The van der Waals surface area contributed by atoms with Gasteiger partial charge in [0.25, 0.3) is 11.8 Å². The van der Waals surface area contributed by atoms with Gasteiger partial charge in [-0.15, -0.1) is 11.3 Å². The van der Waals surface area contributed by atoms with Crippen molar-refractivity contribution in [2.45, 2.75) is 6.92 Å². The first-order valence-corrected chi connectivity index (χ1v) is 11.3. The van der Waals surface area contributed by atoms with Gasteiger partial charge in [-0.25, -0.2) is 0 Å². The minimum atomic E-state index is -0.413. The van der Waals surface area contributed by atoms with Crippen LogP contribution in [0, 0.1) is 6.92 Å². The fraction of sp³-hybridized carbons (Fsp3) is 0.0455. The number of carbonyl (C=O) groups is 2. The molecular weight excluding hydrogens is 489 g/mol. The Hall–Kier alpha value is -2.91. The van der Waals surface area contributed by atoms with Crippen molar-refractivity contribution < 1.29 is 14.0 Å². The van der Waals surface area contributed by atoms with Gasteiger partial charge in [0.1, 0.15) is 4.88 Å². The first-order chi connectivity index (χ1) is 15.3. The van der Waals surface area contributed by atoms with Crippen molar-refractivity contribution in [3.63, 3.8) is 0 Å². The number of carbonyl (C=O) groups excluding carboxylic acids is 2. The normalized spacial score (nSPS) is 10.7. The van der Waals surface area contributed by atoms with Crippen molar-refractivity contribution in [2.24, 2.45) is 0 Å². The number of hydrogen-bond acceptors (Lipinski definition) is 5. The SMILES string of the molecule is Cc1cc(NC(=S)NC(=O)c2sc3cc(Cl)ccc3c2Cl)ccc1NC(=O)c1ccco1. The van der Waals surface area contributed by atoms with Crippen LogP contribution in [-0.2, 0) is 0 Å². The summed E-state index contributed by atoms with van der Waals surface area (Å²) in [6, 6.07) is 13.7. The van der Waals surface area contributed by atoms with Crippen LogP contribution in [-0.4, -0.2) is 16.9 Å². The van der Waals surface area contributed by atoms with Gasteiger partial charge in [-0.3, -0.25) is 14.9 Å². The number of anilines is 2. The van der Waals surface area contributed by atoms with Crippen molar-refractivity contribution in [3.8, 4) is 0 Å². The van der Waals surface area contributed by atoms with Crippen LogP contribution in [0.3, 0.4) is 0 Å². The topological polar surface area (TPSA) is 83.4 Å². The fourth-order valence-electron chi connectivity index (χ4n) is 2.98. The van der Waals surface area contributed by atoms with E-state index >= 15 is 0 Å². The number of fused-ring (bicyclic) bond motifs is 1. The van der Waals surface area contributed by atoms with E-state index in [1.54, 1.807) is 48.5 Å². The molecule has 0 radical (unpaired) electrons. The number of thiophene rings is 1. The molecule has 3 N–H and O–H groups in total. The highest BCUT2D eigenvalue weighted by Crippen LogP contribution is 2.36. The van der Waals surface area contributed by atoms with E-state index in [1.165, 1.54) is 17.6 Å². The highest BCUT2D eigenvalue weighted by atomic mass is 35.5. The maximum absolute atomic E-state index is 12.7. The number of aryl methyl sites for hydroxylation is 1. The smallest absolute Gasteiger partial charge is 0.291 e. The molecule has 0 saturated carbocycles. The minimum absolute atomic E-state index is 0.119. The molecule has 4 aromatic rings. The molecule has 0 aliphatic heterocycles. The summed E-state index contributed by atoms with van der Waals surface area (Å²) in [5.74, 6) is -0.537. The van der Waals surface area contributed by atoms with Crippen LogP contribution in [0.2, 0.25) is 10.0 Å². The van der Waals surface area contributed by atoms with Gasteiger partial charge in [-0.2, -0.15) is 0 Å². The molecule has 4 rings (SSSR count). The van der Waals surface area contributed by atoms with Gasteiger partial charge in [0, 0.05) is 26.5 Å². The van der Waals surface area contributed by atoms with Crippen LogP contribution in [0.25, 0.3) is 10.1 Å². The largest absolute Gasteiger partial charge is 0.459 e. The van der Waals surface area contributed by atoms with Crippen molar-refractivity contribution in [2.75, 3.05) is 10.6 Å². The Bertz CT molecular complexity index is 1350. The molecule has 162 valence electrons. The zero-order chi connectivity index (χ0) is 22.8. The Balaban J connectivity index is 1.42. The van der Waals surface area contributed by atoms with Crippen molar-refractivity contribution in [1.82, 2.24) is 5.32 Å². The van der Waals surface area contributed by atoms with Crippen LogP contribution in [0.1, 0.15) is 25.8 Å². The van der Waals surface area contributed by atoms with E-state index in [4.69, 9.17) is 39.8 Å². The van der Waals surface area contributed by atoms with Crippen molar-refractivity contribution in [3.05, 3.63) is 81.0 Å². The lowest BCUT2D eigenvalue weighted by Crippen LogP contribution is -2.33. The molecule has 0 spiro atoms. The second kappa shape index (κ2) is 9.30. The summed E-state index contributed by atoms with van der Waals surface area (Å²) in [6.07, 6.45) is 1.44. The minimum Gasteiger partial charge on any atom is -0.459 e. The van der Waals surface area contributed by atoms with Crippen LogP contribution in [0.5, 0.6) is 0 Å². The monoisotopic (exact) mass is 503 g/mol. The quantitative estimate of drug-likeness (QED) is 0.277. The van der Waals surface area contributed by atoms with Gasteiger partial charge >= 0.3 is 0 Å². The first-order valence-electron chi connectivity index (χ1n) is 9.27. The molecule has 0 atom stereocenters. The zero-order valence-corrected chi connectivity index (χ0v) is 19.6. The number of rotatable bonds is 4. The van der Waals surface area contributed by atoms with Gasteiger partial charge in [-0.1, -0.05) is 29.3 Å². The molecule has 0 bridgehead atoms. The van der Waals surface area contributed by atoms with Crippen LogP contribution < -0.4 is 16.0 Å². The van der Waals surface area contributed by atoms with Crippen molar-refractivity contribution in [1.29, 1.82) is 0 Å². The Labute approximate surface area is 202 Å². The standard InChI is InChI=1S/C22H15Cl2N3O3S2/c1-11-9-13(5-7-15(11)26-20(28)16-3-2-8-30-16)25-22(31)27-21(29)19-18(24)14-6-4-12(23)10-17(14)32-19/h2-10H,1H3,(H,26,28)(H2,25,27,29,31). The zero-order valence-electron chi connectivity index (χ0n) is 16.5. The highest BCUT2D eigenvalue weighted by molar-refractivity contribution is 7.80. The Kier molecular flexibility index (Phi) is 6.48. The molecule has 10 heteroatoms. The molecule has 2 heterocycles. The molecule has 0 aliphatic rings. The van der Waals surface area contributed by atoms with Gasteiger partial charge in [0.2, 0.25) is 0 Å². The summed E-state index contributed by atoms with van der Waals surface area (Å²) < 4.78 is 5.91. The second-order valence-electron chi connectivity index (χ2n) is 6.76. The lowest BCUT2D eigenvalue weighted by atomic mass is 10.1. The lowest BCUT2D eigenvalue weighted by Gasteiger charge is -2.12. The number of halogens is 2. The summed E-state index contributed by atoms with van der Waals surface area (Å²) in [4.78, 5) is 25.2. The lowest BCUT2D eigenvalue weighted by molar-refractivity contribution is 0.0978. The molecule has 2 aromatic carbocycles. The maximum atomic E-state index is 12.7. The number of nitrogens with one attached hydrogen (secondary N) is 3. The van der Waals surface area contributed by atoms with E-state index in [0.717, 1.165) is 15.6 Å². The third-order valence-electron chi connectivity index (χ3n) is 4.50. The Morgan fingerprint density at radius 2 is 1.84 bits per heavy atom. The molecule has 2 aromatic heterocycles. The number of hydrogen-bond donors (Lipinski definition) is 3. The van der Waals surface area contributed by atoms with Gasteiger partial charge < -0.3 is 15.1 Å². The molecule has 0 unspecified atom stereocenters. The number of thiocarbonyl (C=S) groups is 1. The third-order valence-corrected chi connectivity index (χ3v) is 6.60. The molecule has 6 nitrogen and oxygen atoms in total. The van der Waals surface area contributed by atoms with Crippen LogP contribution >= 0.6 is 46.8 Å². The average Bonchev–Trinajstić information content (AvgIpc) is 3.38. The van der Waals surface area contributed by atoms with E-state index in [9.17, 15) is 9.59 Å². The molecule has 32 heavy (non-hydrogen) atoms. The van der Waals surface area contributed by atoms with Crippen LogP contribution in [0.4, 0.5) is 11.4 Å². The molecule has 2 amide bonds. The summed E-state index contributed by atoms with van der Waals surface area (Å²) >= 11 is 18.9. The van der Waals surface area contributed by atoms with E-state index in [0.29, 0.717) is 26.3 Å². The van der Waals surface area contributed by atoms with E-state index in [1.807, 2.05) is 6.92 Å². The highest BCUT2D eigenvalue weighted by Gasteiger charge is 2.18. The number of furan rings is 1. The second-order valence-corrected chi connectivity index (χ2v) is 9.03. The van der Waals surface area contributed by atoms with Gasteiger partial charge in [0.15, 0.2) is 10.9 Å². The first kappa shape index (κ1) is 22.3. The summed E-state index contributed by atoms with van der Waals surface area (Å²) in [6.45, 7) is 1.84. The molecule has 0 aliphatic carbocycles. The summed E-state index contributed by atoms with van der Waals surface area (Å²) in [5, 5.41) is 10.2. The number of amides is 2. The van der Waals surface area contributed by atoms with Crippen molar-refractivity contribution >= 4 is 85.1 Å². The van der Waals surface area contributed by atoms with Crippen LogP contribution in [0.15, 0.2) is 59.2 Å². The summed E-state index contributed by atoms with van der Waals surface area (Å²) in [7, 11) is 0. The maximum Gasteiger partial charge on any atom is 0.291 e. The van der Waals surface area contributed by atoms with Gasteiger partial charge in [-0.05, 0) is 67.2 Å². The van der Waals surface area contributed by atoms with Gasteiger partial charge in [0.05, 0.1) is 11.3 Å². The molecule has 0 saturated heterocycles. The third kappa shape index (κ3) is 4.78.